The fourth-order valence-corrected chi connectivity index (χ4v) is 9.69. The molecule has 8 rings (SSSR count). The van der Waals surface area contributed by atoms with E-state index in [9.17, 15) is 22.6 Å². The number of rotatable bonds is 10. The number of nitrogens with one attached hydrogen (secondary N) is 6. The molecule has 0 amide bonds. The molecule has 2 aliphatic rings. The van der Waals surface area contributed by atoms with E-state index in [0.717, 1.165) is 36.7 Å². The van der Waals surface area contributed by atoms with Crippen LogP contribution in [0.3, 0.4) is 0 Å². The van der Waals surface area contributed by atoms with Gasteiger partial charge in [0.25, 0.3) is 10.1 Å². The molecule has 3 unspecified atom stereocenters. The lowest BCUT2D eigenvalue weighted by atomic mass is 9.49. The van der Waals surface area contributed by atoms with E-state index in [1.165, 1.54) is 16.7 Å². The molecule has 0 saturated heterocycles. The van der Waals surface area contributed by atoms with Gasteiger partial charge in [0, 0.05) is 24.0 Å². The van der Waals surface area contributed by atoms with E-state index >= 15 is 0 Å². The molecular weight excluding hydrogens is 721 g/mol. The molecule has 0 bridgehead atoms. The molecule has 2 aliphatic carbocycles. The largest absolute Gasteiger partial charge is 0.353 e. The van der Waals surface area contributed by atoms with Gasteiger partial charge in [-0.1, -0.05) is 52.8 Å². The van der Waals surface area contributed by atoms with Gasteiger partial charge in [-0.15, -0.1) is 0 Å². The molecule has 7 N–H and O–H groups in total. The van der Waals surface area contributed by atoms with Crippen molar-refractivity contribution in [2.24, 2.45) is 11.3 Å². The highest BCUT2D eigenvalue weighted by Crippen LogP contribution is 2.59. The summed E-state index contributed by atoms with van der Waals surface area (Å²) in [7, 11) is -4.23. The van der Waals surface area contributed by atoms with Gasteiger partial charge in [0.1, 0.15) is 0 Å². The summed E-state index contributed by atoms with van der Waals surface area (Å²) in [6, 6.07) is 17.8. The normalized spacial score (nSPS) is 20.7. The number of fused-ring (bicyclic) bond motifs is 5. The number of imidazole rings is 2. The van der Waals surface area contributed by atoms with Gasteiger partial charge in [-0.3, -0.25) is 9.12 Å². The summed E-state index contributed by atoms with van der Waals surface area (Å²) in [5.41, 5.74) is 7.47. The molecule has 1 saturated carbocycles. The lowest BCUT2D eigenvalue weighted by Crippen LogP contribution is -2.51. The van der Waals surface area contributed by atoms with Crippen LogP contribution in [-0.4, -0.2) is 59.7 Å². The van der Waals surface area contributed by atoms with Gasteiger partial charge in [0.2, 0.25) is 17.8 Å². The molecule has 3 aromatic heterocycles. The summed E-state index contributed by atoms with van der Waals surface area (Å²) in [6.45, 7) is 11.4. The Bertz CT molecular complexity index is 2680. The van der Waals surface area contributed by atoms with Crippen molar-refractivity contribution < 1.29 is 13.0 Å². The maximum absolute atomic E-state index is 13.8. The third kappa shape index (κ3) is 7.11. The molecule has 3 atom stereocenters. The first-order valence-corrected chi connectivity index (χ1v) is 20.2. The van der Waals surface area contributed by atoms with Gasteiger partial charge < -0.3 is 30.9 Å². The zero-order valence-electron chi connectivity index (χ0n) is 31.4. The zero-order valence-corrected chi connectivity index (χ0v) is 32.3. The number of aromatic amines is 3. The van der Waals surface area contributed by atoms with Crippen molar-refractivity contribution in [2.45, 2.75) is 77.7 Å². The van der Waals surface area contributed by atoms with E-state index in [1.54, 1.807) is 18.2 Å². The number of aryl methyl sites for hydroxylation is 1. The van der Waals surface area contributed by atoms with Crippen LogP contribution in [-0.2, 0) is 22.0 Å². The number of nitrogens with zero attached hydrogens (tertiary/aromatic N) is 4. The summed E-state index contributed by atoms with van der Waals surface area (Å²) in [6.07, 6.45) is 3.89. The highest BCUT2D eigenvalue weighted by Gasteiger charge is 2.53. The third-order valence-electron chi connectivity index (χ3n) is 11.6. The maximum Gasteiger partial charge on any atom is 0.326 e. The molecule has 288 valence electrons. The van der Waals surface area contributed by atoms with Gasteiger partial charge in [0.15, 0.2) is 0 Å². The standard InChI is InChI=1S/C39H46N10O5S/c1-21(2)22-6-10-27-23(16-22)7-13-32-38(3,4)19-26(20-39(27,32)5)49-31-18-25(9-12-29(31)45-37(49)51)42-35-47-33(40-14-15-55(52,53)54)46-34(48-35)41-24-8-11-28-30(17-24)44-36(50)43-28/h6,8-12,16-18,21,26,32H,7,13-15,19-20H2,1-5H3,(H,45,51)(H2,43,44,50)(H,52,53,54)(H3,40,41,42,46,47,48). The first-order chi connectivity index (χ1) is 26.0. The van der Waals surface area contributed by atoms with Crippen molar-refractivity contribution in [1.82, 2.24) is 34.5 Å². The highest BCUT2D eigenvalue weighted by molar-refractivity contribution is 7.85. The number of anilines is 5. The molecule has 0 aliphatic heterocycles. The van der Waals surface area contributed by atoms with Crippen LogP contribution < -0.4 is 27.3 Å². The van der Waals surface area contributed by atoms with Crippen molar-refractivity contribution in [2.75, 3.05) is 28.2 Å². The zero-order chi connectivity index (χ0) is 38.9. The molecule has 3 aromatic carbocycles. The molecule has 1 fully saturated rings. The second kappa shape index (κ2) is 13.4. The Balaban J connectivity index is 1.12. The topological polar surface area (TPSA) is 216 Å². The van der Waals surface area contributed by atoms with Gasteiger partial charge in [0.05, 0.1) is 27.8 Å². The van der Waals surface area contributed by atoms with E-state index < -0.39 is 15.9 Å². The van der Waals surface area contributed by atoms with E-state index in [4.69, 9.17) is 0 Å². The first-order valence-electron chi connectivity index (χ1n) is 18.6. The van der Waals surface area contributed by atoms with Crippen LogP contribution in [0.1, 0.15) is 82.5 Å². The monoisotopic (exact) mass is 766 g/mol. The molecule has 15 nitrogen and oxygen atoms in total. The second-order valence-corrected chi connectivity index (χ2v) is 17.8. The average molecular weight is 767 g/mol. The Morgan fingerprint density at radius 2 is 1.53 bits per heavy atom. The van der Waals surface area contributed by atoms with E-state index in [1.807, 2.05) is 22.8 Å². The number of hydrogen-bond donors (Lipinski definition) is 7. The molecule has 55 heavy (non-hydrogen) atoms. The van der Waals surface area contributed by atoms with Crippen molar-refractivity contribution in [3.05, 3.63) is 92.3 Å². The second-order valence-electron chi connectivity index (χ2n) is 16.3. The predicted octanol–water partition coefficient (Wildman–Crippen LogP) is 6.48. The van der Waals surface area contributed by atoms with Crippen molar-refractivity contribution >= 4 is 61.4 Å². The van der Waals surface area contributed by atoms with E-state index in [-0.39, 0.29) is 52.6 Å². The number of aromatic nitrogens is 7. The van der Waals surface area contributed by atoms with Crippen molar-refractivity contribution in [3.63, 3.8) is 0 Å². The molecule has 0 spiro atoms. The van der Waals surface area contributed by atoms with Crippen LogP contribution in [0.15, 0.2) is 64.2 Å². The Morgan fingerprint density at radius 3 is 2.24 bits per heavy atom. The number of H-pyrrole nitrogens is 3. The van der Waals surface area contributed by atoms with Crippen LogP contribution in [0.4, 0.5) is 29.2 Å². The van der Waals surface area contributed by atoms with Gasteiger partial charge >= 0.3 is 11.4 Å². The summed E-state index contributed by atoms with van der Waals surface area (Å²) in [5.74, 6) is 0.710. The molecule has 0 radical (unpaired) electrons. The minimum absolute atomic E-state index is 0.0149. The minimum atomic E-state index is -4.23. The predicted molar refractivity (Wildman–Crippen MR) is 215 cm³/mol. The smallest absolute Gasteiger partial charge is 0.326 e. The fraction of sp³-hybridized carbons (Fsp3) is 0.410. The van der Waals surface area contributed by atoms with Crippen LogP contribution in [0, 0.1) is 11.3 Å². The van der Waals surface area contributed by atoms with Crippen LogP contribution in [0.25, 0.3) is 22.1 Å². The highest BCUT2D eigenvalue weighted by atomic mass is 32.2. The van der Waals surface area contributed by atoms with E-state index in [0.29, 0.717) is 34.2 Å². The van der Waals surface area contributed by atoms with Crippen LogP contribution in [0.5, 0.6) is 0 Å². The van der Waals surface area contributed by atoms with Crippen LogP contribution >= 0.6 is 0 Å². The van der Waals surface area contributed by atoms with Gasteiger partial charge in [-0.25, -0.2) is 9.59 Å². The van der Waals surface area contributed by atoms with Gasteiger partial charge in [-0.05, 0) is 101 Å². The minimum Gasteiger partial charge on any atom is -0.353 e. The van der Waals surface area contributed by atoms with E-state index in [2.05, 4.69) is 98.7 Å². The Hall–Kier alpha value is -5.48. The average Bonchev–Trinajstić information content (AvgIpc) is 3.63. The Kier molecular flexibility index (Phi) is 8.87. The molecule has 6 aromatic rings. The lowest BCUT2D eigenvalue weighted by molar-refractivity contribution is 0.0111. The SMILES string of the molecule is CC(C)c1ccc2c(c1)CCC1C(C)(C)CC(n3c(=O)[nH]c4ccc(Nc5nc(NCCS(=O)(=O)O)nc(Nc6ccc7[nH]c(=O)[nH]c7c6)n5)cc43)CC21C. The summed E-state index contributed by atoms with van der Waals surface area (Å²) >= 11 is 0. The third-order valence-corrected chi connectivity index (χ3v) is 12.4. The Morgan fingerprint density at radius 1 is 0.855 bits per heavy atom. The van der Waals surface area contributed by atoms with Crippen LogP contribution in [0.2, 0.25) is 0 Å². The van der Waals surface area contributed by atoms with Crippen molar-refractivity contribution in [1.29, 1.82) is 0 Å². The quantitative estimate of drug-likeness (QED) is 0.0750. The Labute approximate surface area is 317 Å². The molecule has 16 heteroatoms. The van der Waals surface area contributed by atoms with Gasteiger partial charge in [-0.2, -0.15) is 23.4 Å². The maximum atomic E-state index is 13.8. The molecule has 3 heterocycles. The summed E-state index contributed by atoms with van der Waals surface area (Å²) < 4.78 is 34.0. The lowest BCUT2D eigenvalue weighted by Gasteiger charge is -2.56. The summed E-state index contributed by atoms with van der Waals surface area (Å²) in [4.78, 5) is 47.6. The molecular formula is C39H46N10O5S. The number of benzene rings is 3. The summed E-state index contributed by atoms with van der Waals surface area (Å²) in [5, 5.41) is 9.20. The first kappa shape index (κ1) is 36.5. The van der Waals surface area contributed by atoms with Crippen molar-refractivity contribution in [3.8, 4) is 0 Å². The number of hydrogen-bond acceptors (Lipinski definition) is 10. The fourth-order valence-electron chi connectivity index (χ4n) is 9.33.